The van der Waals surface area contributed by atoms with Gasteiger partial charge >= 0.3 is 5.76 Å². The van der Waals surface area contributed by atoms with E-state index in [1.807, 2.05) is 18.2 Å². The molecule has 0 saturated carbocycles. The summed E-state index contributed by atoms with van der Waals surface area (Å²) in [4.78, 5) is 15.8. The summed E-state index contributed by atoms with van der Waals surface area (Å²) in [5.41, 5.74) is 8.69. The lowest BCUT2D eigenvalue weighted by molar-refractivity contribution is 0.505. The average molecular weight is 255 g/mol. The van der Waals surface area contributed by atoms with Crippen molar-refractivity contribution in [2.45, 2.75) is 13.0 Å². The second-order valence-electron chi connectivity index (χ2n) is 4.35. The fourth-order valence-corrected chi connectivity index (χ4v) is 2.09. The fourth-order valence-electron chi connectivity index (χ4n) is 2.09. The Morgan fingerprint density at radius 3 is 2.79 bits per heavy atom. The molecule has 2 heterocycles. The van der Waals surface area contributed by atoms with Crippen LogP contribution in [-0.2, 0) is 13.0 Å². The van der Waals surface area contributed by atoms with Gasteiger partial charge in [0.05, 0.1) is 5.52 Å². The Kier molecular flexibility index (Phi) is 2.79. The largest absolute Gasteiger partial charge is 0.419 e. The maximum atomic E-state index is 11.8. The third kappa shape index (κ3) is 2.22. The first-order valence-electron chi connectivity index (χ1n) is 6.02. The van der Waals surface area contributed by atoms with Crippen LogP contribution in [0.1, 0.15) is 5.56 Å². The lowest BCUT2D eigenvalue weighted by Crippen LogP contribution is -2.15. The molecule has 0 fully saturated rings. The number of aromatic nitrogens is 2. The van der Waals surface area contributed by atoms with E-state index < -0.39 is 0 Å². The van der Waals surface area contributed by atoms with Gasteiger partial charge in [0.25, 0.3) is 0 Å². The van der Waals surface area contributed by atoms with Crippen molar-refractivity contribution in [1.29, 1.82) is 0 Å². The maximum absolute atomic E-state index is 11.8. The highest BCUT2D eigenvalue weighted by atomic mass is 16.4. The van der Waals surface area contributed by atoms with E-state index in [2.05, 4.69) is 4.98 Å². The normalized spacial score (nSPS) is 10.9. The summed E-state index contributed by atoms with van der Waals surface area (Å²) in [6.07, 6.45) is 4.24. The zero-order valence-corrected chi connectivity index (χ0v) is 10.2. The average Bonchev–Trinajstić information content (AvgIpc) is 2.72. The van der Waals surface area contributed by atoms with Crippen LogP contribution in [0.4, 0.5) is 5.69 Å². The minimum atomic E-state index is -0.352. The van der Waals surface area contributed by atoms with E-state index in [4.69, 9.17) is 10.2 Å². The Hall–Kier alpha value is -2.56. The number of nitrogens with zero attached hydrogens (tertiary/aromatic N) is 2. The number of aryl methyl sites for hydroxylation is 2. The zero-order chi connectivity index (χ0) is 13.2. The fraction of sp³-hybridized carbons (Fsp3) is 0.143. The quantitative estimate of drug-likeness (QED) is 0.724. The van der Waals surface area contributed by atoms with E-state index in [1.165, 1.54) is 0 Å². The summed E-state index contributed by atoms with van der Waals surface area (Å²) < 4.78 is 6.80. The number of hydrogen-bond acceptors (Lipinski definition) is 4. The van der Waals surface area contributed by atoms with Gasteiger partial charge in [0.2, 0.25) is 0 Å². The van der Waals surface area contributed by atoms with Crippen molar-refractivity contribution < 1.29 is 4.42 Å². The molecule has 2 aromatic heterocycles. The number of hydrogen-bond donors (Lipinski definition) is 1. The topological polar surface area (TPSA) is 74.0 Å². The predicted octanol–water partition coefficient (Wildman–Crippen LogP) is 1.81. The highest BCUT2D eigenvalue weighted by Crippen LogP contribution is 2.16. The van der Waals surface area contributed by atoms with Crippen LogP contribution >= 0.6 is 0 Å². The van der Waals surface area contributed by atoms with Crippen LogP contribution in [0.25, 0.3) is 11.1 Å². The first kappa shape index (κ1) is 11.5. The molecule has 0 saturated heterocycles. The van der Waals surface area contributed by atoms with Crippen LogP contribution in [0.2, 0.25) is 0 Å². The molecule has 0 aliphatic carbocycles. The zero-order valence-electron chi connectivity index (χ0n) is 10.2. The van der Waals surface area contributed by atoms with Crippen LogP contribution in [0.5, 0.6) is 0 Å². The maximum Gasteiger partial charge on any atom is 0.419 e. The Morgan fingerprint density at radius 1 is 1.21 bits per heavy atom. The van der Waals surface area contributed by atoms with Gasteiger partial charge in [-0.15, -0.1) is 0 Å². The molecule has 5 heteroatoms. The van der Waals surface area contributed by atoms with Crippen molar-refractivity contribution in [1.82, 2.24) is 9.55 Å². The Labute approximate surface area is 109 Å². The monoisotopic (exact) mass is 255 g/mol. The molecule has 0 radical (unpaired) electrons. The minimum Gasteiger partial charge on any atom is -0.408 e. The van der Waals surface area contributed by atoms with Gasteiger partial charge in [0.15, 0.2) is 5.58 Å². The summed E-state index contributed by atoms with van der Waals surface area (Å²) in [6.45, 7) is 0.569. The molecule has 1 aromatic carbocycles. The lowest BCUT2D eigenvalue weighted by atomic mass is 10.2. The van der Waals surface area contributed by atoms with Crippen LogP contribution in [0.3, 0.4) is 0 Å². The number of pyridine rings is 1. The second kappa shape index (κ2) is 4.61. The van der Waals surface area contributed by atoms with Gasteiger partial charge in [-0.25, -0.2) is 4.79 Å². The number of nitrogen functional groups attached to an aromatic ring is 1. The van der Waals surface area contributed by atoms with Crippen LogP contribution < -0.4 is 11.5 Å². The van der Waals surface area contributed by atoms with Crippen molar-refractivity contribution in [2.75, 3.05) is 5.73 Å². The highest BCUT2D eigenvalue weighted by molar-refractivity contribution is 5.76. The van der Waals surface area contributed by atoms with E-state index in [-0.39, 0.29) is 5.76 Å². The summed E-state index contributed by atoms with van der Waals surface area (Å²) in [5.74, 6) is -0.352. The van der Waals surface area contributed by atoms with E-state index in [9.17, 15) is 4.79 Å². The second-order valence-corrected chi connectivity index (χ2v) is 4.35. The SMILES string of the molecule is Nc1ccc2c(c1)oc(=O)n2CCc1ccncc1. The van der Waals surface area contributed by atoms with Crippen LogP contribution in [-0.4, -0.2) is 9.55 Å². The van der Waals surface area contributed by atoms with E-state index >= 15 is 0 Å². The summed E-state index contributed by atoms with van der Waals surface area (Å²) in [6, 6.07) is 9.11. The number of benzene rings is 1. The molecule has 0 unspecified atom stereocenters. The number of nitrogens with two attached hydrogens (primary N) is 1. The smallest absolute Gasteiger partial charge is 0.408 e. The Balaban J connectivity index is 1.93. The molecule has 0 aliphatic rings. The van der Waals surface area contributed by atoms with Crippen LogP contribution in [0.15, 0.2) is 51.9 Å². The van der Waals surface area contributed by atoms with Crippen molar-refractivity contribution in [2.24, 2.45) is 0 Å². The standard InChI is InChI=1S/C14H13N3O2/c15-11-1-2-12-13(9-11)19-14(18)17(12)8-5-10-3-6-16-7-4-10/h1-4,6-7,9H,5,8,15H2. The molecule has 0 bridgehead atoms. The van der Waals surface area contributed by atoms with Gasteiger partial charge in [0, 0.05) is 30.7 Å². The van der Waals surface area contributed by atoms with Crippen LogP contribution in [0, 0.1) is 0 Å². The molecule has 3 aromatic rings. The molecule has 5 nitrogen and oxygen atoms in total. The molecule has 2 N–H and O–H groups in total. The lowest BCUT2D eigenvalue weighted by Gasteiger charge is -2.02. The van der Waals surface area contributed by atoms with Gasteiger partial charge in [-0.3, -0.25) is 9.55 Å². The summed E-state index contributed by atoms with van der Waals surface area (Å²) >= 11 is 0. The van der Waals surface area contributed by atoms with E-state index in [0.29, 0.717) is 17.8 Å². The van der Waals surface area contributed by atoms with Gasteiger partial charge in [-0.2, -0.15) is 0 Å². The predicted molar refractivity (Wildman–Crippen MR) is 72.8 cm³/mol. The summed E-state index contributed by atoms with van der Waals surface area (Å²) in [5, 5.41) is 0. The van der Waals surface area contributed by atoms with Crippen molar-refractivity contribution in [3.63, 3.8) is 0 Å². The van der Waals surface area contributed by atoms with Gasteiger partial charge in [0.1, 0.15) is 0 Å². The molecule has 3 rings (SSSR count). The van der Waals surface area contributed by atoms with E-state index in [0.717, 1.165) is 17.5 Å². The number of oxazole rings is 1. The van der Waals surface area contributed by atoms with Crippen molar-refractivity contribution in [3.05, 3.63) is 58.8 Å². The first-order chi connectivity index (χ1) is 9.24. The highest BCUT2D eigenvalue weighted by Gasteiger charge is 2.09. The Bertz CT molecular complexity index is 759. The van der Waals surface area contributed by atoms with E-state index in [1.54, 1.807) is 29.1 Å². The molecule has 0 atom stereocenters. The molecule has 0 aliphatic heterocycles. The number of rotatable bonds is 3. The molecular weight excluding hydrogens is 242 g/mol. The molecule has 0 amide bonds. The summed E-state index contributed by atoms with van der Waals surface area (Å²) in [7, 11) is 0. The molecule has 0 spiro atoms. The number of fused-ring (bicyclic) bond motifs is 1. The van der Waals surface area contributed by atoms with Gasteiger partial charge < -0.3 is 10.2 Å². The van der Waals surface area contributed by atoms with Gasteiger partial charge in [-0.05, 0) is 36.2 Å². The first-order valence-corrected chi connectivity index (χ1v) is 6.02. The Morgan fingerprint density at radius 2 is 2.00 bits per heavy atom. The molecule has 96 valence electrons. The third-order valence-electron chi connectivity index (χ3n) is 3.07. The van der Waals surface area contributed by atoms with Crippen molar-refractivity contribution >= 4 is 16.8 Å². The third-order valence-corrected chi connectivity index (χ3v) is 3.07. The van der Waals surface area contributed by atoms with Crippen molar-refractivity contribution in [3.8, 4) is 0 Å². The molecular formula is C14H13N3O2. The number of anilines is 1. The van der Waals surface area contributed by atoms with Gasteiger partial charge in [-0.1, -0.05) is 0 Å². The minimum absolute atomic E-state index is 0.352. The molecule has 19 heavy (non-hydrogen) atoms.